The van der Waals surface area contributed by atoms with Gasteiger partial charge in [0.1, 0.15) is 11.4 Å². The van der Waals surface area contributed by atoms with Crippen LogP contribution in [-0.2, 0) is 5.60 Å². The minimum absolute atomic E-state index is 0.293. The van der Waals surface area contributed by atoms with E-state index >= 15 is 0 Å². The van der Waals surface area contributed by atoms with E-state index < -0.39 is 5.60 Å². The molecule has 1 atom stereocenters. The summed E-state index contributed by atoms with van der Waals surface area (Å²) in [5.41, 5.74) is -0.0162. The molecule has 1 unspecified atom stereocenters. The van der Waals surface area contributed by atoms with Crippen LogP contribution in [-0.4, -0.2) is 5.11 Å². The maximum atomic E-state index is 10.9. The minimum atomic E-state index is -0.940. The van der Waals surface area contributed by atoms with Crippen molar-refractivity contribution in [2.24, 2.45) is 5.92 Å². The Hall–Kier alpha value is -1.54. The summed E-state index contributed by atoms with van der Waals surface area (Å²) >= 11 is 0. The predicted octanol–water partition coefficient (Wildman–Crippen LogP) is 2.93. The molecule has 1 aromatic carbocycles. The molecule has 1 N–H and O–H groups in total. The molecule has 16 heavy (non-hydrogen) atoms. The lowest BCUT2D eigenvalue weighted by Crippen LogP contribution is -2.29. The van der Waals surface area contributed by atoms with Gasteiger partial charge in [0.15, 0.2) is 0 Å². The first-order valence-electron chi connectivity index (χ1n) is 5.63. The monoisotopic (exact) mass is 214 g/mol. The van der Waals surface area contributed by atoms with Crippen molar-refractivity contribution in [3.05, 3.63) is 60.1 Å². The minimum Gasteiger partial charge on any atom is -0.466 e. The molecule has 2 aromatic rings. The molecule has 0 spiro atoms. The number of benzene rings is 1. The average molecular weight is 214 g/mol. The second-order valence-corrected chi connectivity index (χ2v) is 4.38. The third kappa shape index (κ3) is 1.38. The van der Waals surface area contributed by atoms with Gasteiger partial charge in [-0.1, -0.05) is 30.3 Å². The van der Waals surface area contributed by atoms with Crippen LogP contribution in [0.5, 0.6) is 0 Å². The first kappa shape index (κ1) is 9.67. The summed E-state index contributed by atoms with van der Waals surface area (Å²) in [4.78, 5) is 0. The molecule has 0 bridgehead atoms. The second-order valence-electron chi connectivity index (χ2n) is 4.38. The molecule has 1 aromatic heterocycles. The van der Waals surface area contributed by atoms with Crippen molar-refractivity contribution >= 4 is 0 Å². The van der Waals surface area contributed by atoms with Gasteiger partial charge in [0, 0.05) is 0 Å². The third-order valence-electron chi connectivity index (χ3n) is 3.28. The topological polar surface area (TPSA) is 33.4 Å². The molecule has 1 heterocycles. The molecule has 1 aliphatic carbocycles. The zero-order valence-electron chi connectivity index (χ0n) is 8.97. The van der Waals surface area contributed by atoms with Crippen LogP contribution < -0.4 is 0 Å². The van der Waals surface area contributed by atoms with Gasteiger partial charge >= 0.3 is 0 Å². The largest absolute Gasteiger partial charge is 0.466 e. The van der Waals surface area contributed by atoms with E-state index in [0.29, 0.717) is 11.7 Å². The molecule has 1 saturated carbocycles. The molecule has 2 heteroatoms. The van der Waals surface area contributed by atoms with Gasteiger partial charge in [-0.05, 0) is 36.5 Å². The molecule has 0 saturated heterocycles. The summed E-state index contributed by atoms with van der Waals surface area (Å²) in [5.74, 6) is 0.947. The Labute approximate surface area is 94.5 Å². The van der Waals surface area contributed by atoms with Crippen molar-refractivity contribution in [3.63, 3.8) is 0 Å². The Kier molecular flexibility index (Phi) is 2.11. The Morgan fingerprint density at radius 1 is 1.06 bits per heavy atom. The van der Waals surface area contributed by atoms with Gasteiger partial charge in [-0.25, -0.2) is 0 Å². The van der Waals surface area contributed by atoms with Crippen molar-refractivity contribution < 1.29 is 9.52 Å². The van der Waals surface area contributed by atoms with Crippen LogP contribution >= 0.6 is 0 Å². The van der Waals surface area contributed by atoms with Gasteiger partial charge in [0.2, 0.25) is 0 Å². The van der Waals surface area contributed by atoms with Gasteiger partial charge in [0.25, 0.3) is 0 Å². The van der Waals surface area contributed by atoms with Gasteiger partial charge in [0.05, 0.1) is 6.26 Å². The molecule has 82 valence electrons. The van der Waals surface area contributed by atoms with Crippen molar-refractivity contribution in [1.29, 1.82) is 0 Å². The summed E-state index contributed by atoms with van der Waals surface area (Å²) < 4.78 is 5.40. The molecular weight excluding hydrogens is 200 g/mol. The maximum absolute atomic E-state index is 10.9. The maximum Gasteiger partial charge on any atom is 0.150 e. The Morgan fingerprint density at radius 2 is 1.81 bits per heavy atom. The highest BCUT2D eigenvalue weighted by molar-refractivity contribution is 5.33. The van der Waals surface area contributed by atoms with Crippen molar-refractivity contribution in [1.82, 2.24) is 0 Å². The number of hydrogen-bond acceptors (Lipinski definition) is 2. The van der Waals surface area contributed by atoms with Crippen LogP contribution in [0.25, 0.3) is 0 Å². The Bertz CT molecular complexity index is 457. The molecule has 0 aliphatic heterocycles. The Morgan fingerprint density at radius 3 is 2.38 bits per heavy atom. The molecule has 0 amide bonds. The number of aliphatic hydroxyl groups is 1. The summed E-state index contributed by atoms with van der Waals surface area (Å²) in [5, 5.41) is 10.9. The van der Waals surface area contributed by atoms with Gasteiger partial charge in [-0.2, -0.15) is 0 Å². The van der Waals surface area contributed by atoms with Crippen molar-refractivity contribution in [3.8, 4) is 0 Å². The van der Waals surface area contributed by atoms with Crippen LogP contribution in [0.15, 0.2) is 53.1 Å². The first-order chi connectivity index (χ1) is 7.82. The highest BCUT2D eigenvalue weighted by atomic mass is 16.4. The SMILES string of the molecule is OC(c1ccccc1)(c1ccco1)C1CC1. The Balaban J connectivity index is 2.10. The highest BCUT2D eigenvalue weighted by Crippen LogP contribution is 2.49. The fourth-order valence-electron chi connectivity index (χ4n) is 2.27. The lowest BCUT2D eigenvalue weighted by atomic mass is 9.86. The van der Waals surface area contributed by atoms with E-state index in [1.165, 1.54) is 0 Å². The van der Waals surface area contributed by atoms with Crippen LogP contribution in [0.3, 0.4) is 0 Å². The van der Waals surface area contributed by atoms with E-state index in [-0.39, 0.29) is 0 Å². The molecular formula is C14H14O2. The number of furan rings is 1. The molecule has 3 rings (SSSR count). The fourth-order valence-corrected chi connectivity index (χ4v) is 2.27. The number of rotatable bonds is 3. The first-order valence-corrected chi connectivity index (χ1v) is 5.63. The zero-order valence-corrected chi connectivity index (χ0v) is 8.97. The average Bonchev–Trinajstić information content (AvgIpc) is 3.05. The predicted molar refractivity (Wildman–Crippen MR) is 60.9 cm³/mol. The summed E-state index contributed by atoms with van der Waals surface area (Å²) in [7, 11) is 0. The summed E-state index contributed by atoms with van der Waals surface area (Å²) in [6.07, 6.45) is 3.74. The van der Waals surface area contributed by atoms with Crippen LogP contribution in [0.1, 0.15) is 24.2 Å². The van der Waals surface area contributed by atoms with Crippen LogP contribution in [0.2, 0.25) is 0 Å². The van der Waals surface area contributed by atoms with E-state index in [9.17, 15) is 5.11 Å². The van der Waals surface area contributed by atoms with Gasteiger partial charge in [-0.3, -0.25) is 0 Å². The second kappa shape index (κ2) is 3.49. The van der Waals surface area contributed by atoms with E-state index in [1.54, 1.807) is 6.26 Å². The van der Waals surface area contributed by atoms with E-state index in [4.69, 9.17) is 4.42 Å². The third-order valence-corrected chi connectivity index (χ3v) is 3.28. The fraction of sp³-hybridized carbons (Fsp3) is 0.286. The number of hydrogen-bond donors (Lipinski definition) is 1. The normalized spacial score (nSPS) is 19.3. The van der Waals surface area contributed by atoms with E-state index in [1.807, 2.05) is 42.5 Å². The van der Waals surface area contributed by atoms with E-state index in [0.717, 1.165) is 18.4 Å². The van der Waals surface area contributed by atoms with E-state index in [2.05, 4.69) is 0 Å². The molecule has 1 fully saturated rings. The van der Waals surface area contributed by atoms with Crippen molar-refractivity contribution in [2.45, 2.75) is 18.4 Å². The molecule has 2 nitrogen and oxygen atoms in total. The molecule has 0 radical (unpaired) electrons. The van der Waals surface area contributed by atoms with Gasteiger partial charge < -0.3 is 9.52 Å². The molecule has 1 aliphatic rings. The van der Waals surface area contributed by atoms with Crippen LogP contribution in [0.4, 0.5) is 0 Å². The zero-order chi connectivity index (χ0) is 11.0. The van der Waals surface area contributed by atoms with Crippen LogP contribution in [0, 0.1) is 5.92 Å². The quantitative estimate of drug-likeness (QED) is 0.852. The lowest BCUT2D eigenvalue weighted by Gasteiger charge is -2.26. The standard InChI is InChI=1S/C14H14O2/c15-14(12-8-9-12,13-7-4-10-16-13)11-5-2-1-3-6-11/h1-7,10,12,15H,8-9H2. The van der Waals surface area contributed by atoms with Crippen molar-refractivity contribution in [2.75, 3.05) is 0 Å². The highest BCUT2D eigenvalue weighted by Gasteiger charge is 2.48. The van der Waals surface area contributed by atoms with Gasteiger partial charge in [-0.15, -0.1) is 0 Å². The smallest absolute Gasteiger partial charge is 0.150 e. The summed E-state index contributed by atoms with van der Waals surface area (Å²) in [6, 6.07) is 13.5. The lowest BCUT2D eigenvalue weighted by molar-refractivity contribution is 0.0338. The summed E-state index contributed by atoms with van der Waals surface area (Å²) in [6.45, 7) is 0.